The maximum atomic E-state index is 12.1. The van der Waals surface area contributed by atoms with Crippen LogP contribution in [0.5, 0.6) is 0 Å². The second kappa shape index (κ2) is 8.84. The molecule has 6 heteroatoms. The Morgan fingerprint density at radius 1 is 1.14 bits per heavy atom. The van der Waals surface area contributed by atoms with Gasteiger partial charge >= 0.3 is 0 Å². The summed E-state index contributed by atoms with van der Waals surface area (Å²) >= 11 is 1.57. The van der Waals surface area contributed by atoms with Crippen molar-refractivity contribution in [1.82, 2.24) is 10.3 Å². The highest BCUT2D eigenvalue weighted by Crippen LogP contribution is 2.23. The first-order chi connectivity index (χ1) is 14.2. The molecule has 0 unspecified atom stereocenters. The van der Waals surface area contributed by atoms with Crippen LogP contribution in [0.2, 0.25) is 0 Å². The number of rotatable bonds is 6. The summed E-state index contributed by atoms with van der Waals surface area (Å²) in [6, 6.07) is 17.7. The van der Waals surface area contributed by atoms with E-state index in [-0.39, 0.29) is 11.8 Å². The Kier molecular flexibility index (Phi) is 5.81. The molecule has 1 aliphatic rings. The van der Waals surface area contributed by atoms with Gasteiger partial charge in [0, 0.05) is 35.7 Å². The average molecular weight is 404 g/mol. The van der Waals surface area contributed by atoms with Crippen molar-refractivity contribution in [3.05, 3.63) is 77.3 Å². The van der Waals surface area contributed by atoms with Crippen LogP contribution in [0.15, 0.2) is 66.1 Å². The Morgan fingerprint density at radius 2 is 1.93 bits per heavy atom. The summed E-state index contributed by atoms with van der Waals surface area (Å²) in [4.78, 5) is 30.3. The van der Waals surface area contributed by atoms with E-state index in [1.807, 2.05) is 60.0 Å². The van der Waals surface area contributed by atoms with E-state index < -0.39 is 0 Å². The van der Waals surface area contributed by atoms with Crippen LogP contribution in [0.4, 0.5) is 5.69 Å². The SMILES string of the molecule is O=C(/C=C/c1ccc(N2CCCC2=O)cc1)NCc1csc(-c2ccccc2)n1. The van der Waals surface area contributed by atoms with E-state index in [4.69, 9.17) is 0 Å². The zero-order valence-electron chi connectivity index (χ0n) is 15.9. The third kappa shape index (κ3) is 4.78. The Bertz CT molecular complexity index is 1030. The quantitative estimate of drug-likeness (QED) is 0.626. The highest BCUT2D eigenvalue weighted by Gasteiger charge is 2.21. The van der Waals surface area contributed by atoms with E-state index in [0.717, 1.165) is 40.5 Å². The molecule has 2 heterocycles. The Hall–Kier alpha value is -3.25. The summed E-state index contributed by atoms with van der Waals surface area (Å²) in [5, 5.41) is 5.77. The van der Waals surface area contributed by atoms with E-state index in [0.29, 0.717) is 13.0 Å². The highest BCUT2D eigenvalue weighted by atomic mass is 32.1. The molecule has 2 amide bonds. The van der Waals surface area contributed by atoms with Crippen molar-refractivity contribution in [2.24, 2.45) is 0 Å². The van der Waals surface area contributed by atoms with Crippen molar-refractivity contribution >= 4 is 34.9 Å². The van der Waals surface area contributed by atoms with Gasteiger partial charge < -0.3 is 10.2 Å². The summed E-state index contributed by atoms with van der Waals surface area (Å²) in [5.41, 5.74) is 3.74. The number of hydrogen-bond donors (Lipinski definition) is 1. The molecule has 2 aromatic carbocycles. The number of carbonyl (C=O) groups is 2. The van der Waals surface area contributed by atoms with Crippen molar-refractivity contribution in [1.29, 1.82) is 0 Å². The van der Waals surface area contributed by atoms with Crippen molar-refractivity contribution < 1.29 is 9.59 Å². The Labute approximate surface area is 173 Å². The molecular formula is C23H21N3O2S. The first-order valence-corrected chi connectivity index (χ1v) is 10.4. The zero-order chi connectivity index (χ0) is 20.1. The monoisotopic (exact) mass is 403 g/mol. The van der Waals surface area contributed by atoms with Gasteiger partial charge in [-0.15, -0.1) is 11.3 Å². The molecule has 146 valence electrons. The predicted octanol–water partition coefficient (Wildman–Crippen LogP) is 4.27. The fourth-order valence-corrected chi connectivity index (χ4v) is 4.02. The van der Waals surface area contributed by atoms with E-state index >= 15 is 0 Å². The van der Waals surface area contributed by atoms with Crippen molar-refractivity contribution in [2.75, 3.05) is 11.4 Å². The molecule has 1 saturated heterocycles. The van der Waals surface area contributed by atoms with Gasteiger partial charge in [0.15, 0.2) is 0 Å². The lowest BCUT2D eigenvalue weighted by molar-refractivity contribution is -0.117. The minimum Gasteiger partial charge on any atom is -0.347 e. The van der Waals surface area contributed by atoms with Gasteiger partial charge in [0.05, 0.1) is 12.2 Å². The van der Waals surface area contributed by atoms with Crippen LogP contribution in [0.1, 0.15) is 24.1 Å². The molecule has 5 nitrogen and oxygen atoms in total. The summed E-state index contributed by atoms with van der Waals surface area (Å²) in [5.74, 6) is 0.00295. The van der Waals surface area contributed by atoms with E-state index in [2.05, 4.69) is 10.3 Å². The molecule has 0 bridgehead atoms. The van der Waals surface area contributed by atoms with Gasteiger partial charge in [-0.3, -0.25) is 9.59 Å². The van der Waals surface area contributed by atoms with Crippen LogP contribution < -0.4 is 10.2 Å². The Morgan fingerprint density at radius 3 is 2.66 bits per heavy atom. The molecule has 0 atom stereocenters. The first kappa shape index (κ1) is 19.1. The van der Waals surface area contributed by atoms with Crippen LogP contribution in [-0.2, 0) is 16.1 Å². The van der Waals surface area contributed by atoms with Gasteiger partial charge in [0.2, 0.25) is 11.8 Å². The number of anilines is 1. The molecule has 0 spiro atoms. The van der Waals surface area contributed by atoms with E-state index in [1.165, 1.54) is 6.08 Å². The molecule has 1 aliphatic heterocycles. The number of hydrogen-bond acceptors (Lipinski definition) is 4. The zero-order valence-corrected chi connectivity index (χ0v) is 16.7. The smallest absolute Gasteiger partial charge is 0.244 e. The molecule has 3 aromatic rings. The number of amides is 2. The number of nitrogens with zero attached hydrogens (tertiary/aromatic N) is 2. The van der Waals surface area contributed by atoms with Crippen LogP contribution in [0.25, 0.3) is 16.6 Å². The molecule has 4 rings (SSSR count). The second-order valence-corrected chi connectivity index (χ2v) is 7.66. The molecular weight excluding hydrogens is 382 g/mol. The number of aromatic nitrogens is 1. The standard InChI is InChI=1S/C23H21N3O2S/c27-21(24-15-19-16-29-23(25-19)18-5-2-1-3-6-18)13-10-17-8-11-20(12-9-17)26-14-4-7-22(26)28/h1-3,5-6,8-13,16H,4,7,14-15H2,(H,24,27)/b13-10+. The van der Waals surface area contributed by atoms with Gasteiger partial charge in [0.25, 0.3) is 0 Å². The predicted molar refractivity (Wildman–Crippen MR) is 116 cm³/mol. The van der Waals surface area contributed by atoms with Gasteiger partial charge in [-0.05, 0) is 30.2 Å². The van der Waals surface area contributed by atoms with Crippen LogP contribution in [0.3, 0.4) is 0 Å². The molecule has 1 aromatic heterocycles. The van der Waals surface area contributed by atoms with E-state index in [9.17, 15) is 9.59 Å². The summed E-state index contributed by atoms with van der Waals surface area (Å²) < 4.78 is 0. The van der Waals surface area contributed by atoms with Crippen LogP contribution in [0, 0.1) is 0 Å². The normalized spacial score (nSPS) is 13.9. The van der Waals surface area contributed by atoms with Crippen molar-refractivity contribution in [3.63, 3.8) is 0 Å². The number of carbonyl (C=O) groups excluding carboxylic acids is 2. The minimum absolute atomic E-state index is 0.168. The highest BCUT2D eigenvalue weighted by molar-refractivity contribution is 7.13. The van der Waals surface area contributed by atoms with Gasteiger partial charge in [0.1, 0.15) is 5.01 Å². The maximum absolute atomic E-state index is 12.1. The number of thiazole rings is 1. The molecule has 0 radical (unpaired) electrons. The van der Waals surface area contributed by atoms with Crippen LogP contribution in [-0.4, -0.2) is 23.3 Å². The minimum atomic E-state index is -0.168. The fourth-order valence-electron chi connectivity index (χ4n) is 3.20. The number of nitrogens with one attached hydrogen (secondary N) is 1. The van der Waals surface area contributed by atoms with Crippen molar-refractivity contribution in [2.45, 2.75) is 19.4 Å². The number of benzene rings is 2. The van der Waals surface area contributed by atoms with Crippen LogP contribution >= 0.6 is 11.3 Å². The largest absolute Gasteiger partial charge is 0.347 e. The molecule has 1 fully saturated rings. The van der Waals surface area contributed by atoms with Gasteiger partial charge in [-0.1, -0.05) is 42.5 Å². The summed E-state index contributed by atoms with van der Waals surface area (Å²) in [7, 11) is 0. The fraction of sp³-hybridized carbons (Fsp3) is 0.174. The second-order valence-electron chi connectivity index (χ2n) is 6.80. The topological polar surface area (TPSA) is 62.3 Å². The van der Waals surface area contributed by atoms with Gasteiger partial charge in [-0.25, -0.2) is 4.98 Å². The molecule has 0 aliphatic carbocycles. The lowest BCUT2D eigenvalue weighted by Gasteiger charge is -2.15. The van der Waals surface area contributed by atoms with Crippen molar-refractivity contribution in [3.8, 4) is 10.6 Å². The third-order valence-corrected chi connectivity index (χ3v) is 5.66. The molecule has 0 saturated carbocycles. The summed E-state index contributed by atoms with van der Waals surface area (Å²) in [6.45, 7) is 1.17. The first-order valence-electron chi connectivity index (χ1n) is 9.55. The maximum Gasteiger partial charge on any atom is 0.244 e. The lowest BCUT2D eigenvalue weighted by Crippen LogP contribution is -2.23. The third-order valence-electron chi connectivity index (χ3n) is 4.72. The molecule has 1 N–H and O–H groups in total. The Balaban J connectivity index is 1.30. The summed E-state index contributed by atoms with van der Waals surface area (Å²) in [6.07, 6.45) is 4.81. The van der Waals surface area contributed by atoms with E-state index in [1.54, 1.807) is 22.3 Å². The lowest BCUT2D eigenvalue weighted by atomic mass is 10.2. The van der Waals surface area contributed by atoms with Gasteiger partial charge in [-0.2, -0.15) is 0 Å². The average Bonchev–Trinajstić information content (AvgIpc) is 3.41. The molecule has 29 heavy (non-hydrogen) atoms.